The molecule has 1 atom stereocenters. The van der Waals surface area contributed by atoms with Gasteiger partial charge in [0.25, 0.3) is 10.1 Å². The second-order valence-corrected chi connectivity index (χ2v) is 4.50. The Labute approximate surface area is 85.1 Å². The Morgan fingerprint density at radius 3 is 2.85 bits per heavy atom. The summed E-state index contributed by atoms with van der Waals surface area (Å²) in [5, 5.41) is 0. The summed E-state index contributed by atoms with van der Waals surface area (Å²) >= 11 is 0. The van der Waals surface area contributed by atoms with Crippen LogP contribution in [0.1, 0.15) is 20.7 Å². The molecule has 0 radical (unpaired) electrons. The van der Waals surface area contributed by atoms with Crippen LogP contribution >= 0.6 is 0 Å². The summed E-state index contributed by atoms with van der Waals surface area (Å²) in [4.78, 5) is 0. The van der Waals surface area contributed by atoms with Gasteiger partial charge in [-0.25, -0.2) is 0 Å². The minimum absolute atomic E-state index is 0.588. The third-order valence-corrected chi connectivity index (χ3v) is 1.41. The van der Waals surface area contributed by atoms with E-state index in [1.54, 1.807) is 0 Å². The van der Waals surface area contributed by atoms with Crippen molar-refractivity contribution in [2.45, 2.75) is 25.7 Å². The van der Waals surface area contributed by atoms with Gasteiger partial charge < -0.3 is 9.47 Å². The molecule has 1 aliphatic heterocycles. The largest absolute Gasteiger partial charge is 0.348 e. The molecule has 0 saturated carbocycles. The molecule has 0 bridgehead atoms. The number of rotatable bonds is 3. The predicted molar refractivity (Wildman–Crippen MR) is 45.7 cm³/mol. The summed E-state index contributed by atoms with van der Waals surface area (Å²) < 4.78 is 73.2. The lowest BCUT2D eigenvalue weighted by atomic mass is 10.4. The van der Waals surface area contributed by atoms with Crippen molar-refractivity contribution >= 4 is 10.1 Å². The normalized spacial score (nSPS) is 44.1. The van der Waals surface area contributed by atoms with E-state index in [2.05, 4.69) is 4.18 Å². The minimum atomic E-state index is -4.24. The van der Waals surface area contributed by atoms with Crippen LogP contribution in [0.2, 0.25) is 0 Å². The van der Waals surface area contributed by atoms with E-state index >= 15 is 0 Å². The van der Waals surface area contributed by atoms with E-state index in [0.29, 0.717) is 6.26 Å². The van der Waals surface area contributed by atoms with E-state index in [0.717, 1.165) is 0 Å². The van der Waals surface area contributed by atoms with Crippen molar-refractivity contribution in [2.24, 2.45) is 0 Å². The Hall–Kier alpha value is -0.170. The van der Waals surface area contributed by atoms with Crippen molar-refractivity contribution in [3.8, 4) is 0 Å². The molecule has 0 N–H and O–H groups in total. The van der Waals surface area contributed by atoms with Gasteiger partial charge >= 0.3 is 0 Å². The molecular formula is C7H14O5S. The van der Waals surface area contributed by atoms with E-state index in [-0.39, 0.29) is 0 Å². The molecule has 0 aromatic heterocycles. The fourth-order valence-corrected chi connectivity index (χ4v) is 0.839. The minimum Gasteiger partial charge on any atom is -0.348 e. The molecule has 6 heteroatoms. The first-order chi connectivity index (χ1) is 7.62. The quantitative estimate of drug-likeness (QED) is 0.625. The highest BCUT2D eigenvalue weighted by atomic mass is 32.2. The zero-order valence-electron chi connectivity index (χ0n) is 12.4. The van der Waals surface area contributed by atoms with Crippen molar-refractivity contribution in [1.82, 2.24) is 0 Å². The molecule has 0 aliphatic carbocycles. The summed E-state index contributed by atoms with van der Waals surface area (Å²) in [5.74, 6) is -1.58. The van der Waals surface area contributed by atoms with Crippen molar-refractivity contribution in [2.75, 3.05) is 19.4 Å². The fraction of sp³-hybridized carbons (Fsp3) is 1.00. The maximum atomic E-state index is 11.0. The highest BCUT2D eigenvalue weighted by molar-refractivity contribution is 7.85. The van der Waals surface area contributed by atoms with Crippen molar-refractivity contribution in [1.29, 1.82) is 0 Å². The lowest BCUT2D eigenvalue weighted by molar-refractivity contribution is -0.141. The number of hydrogen-bond acceptors (Lipinski definition) is 5. The maximum absolute atomic E-state index is 11.0. The van der Waals surface area contributed by atoms with Crippen LogP contribution < -0.4 is 0 Å². The molecule has 1 fully saturated rings. The van der Waals surface area contributed by atoms with Gasteiger partial charge in [0.2, 0.25) is 0 Å². The topological polar surface area (TPSA) is 61.8 Å². The van der Waals surface area contributed by atoms with Gasteiger partial charge in [-0.3, -0.25) is 4.18 Å². The molecule has 1 aliphatic rings. The van der Waals surface area contributed by atoms with E-state index in [1.807, 2.05) is 0 Å². The monoisotopic (exact) mass is 215 g/mol. The lowest BCUT2D eigenvalue weighted by Gasteiger charge is -2.16. The standard InChI is InChI=1S/C7H14O5S/c1-7(2)10-4-6(12-7)5-11-13(3,8)9/h6H,4-5H2,1-3H3/i4D2,5D2,6D. The van der Waals surface area contributed by atoms with Crippen LogP contribution in [0.4, 0.5) is 0 Å². The molecule has 0 amide bonds. The van der Waals surface area contributed by atoms with Crippen molar-refractivity contribution < 1.29 is 28.9 Å². The summed E-state index contributed by atoms with van der Waals surface area (Å²) in [6.07, 6.45) is -2.39. The Balaban J connectivity index is 3.21. The van der Waals surface area contributed by atoms with Gasteiger partial charge in [-0.2, -0.15) is 8.42 Å². The van der Waals surface area contributed by atoms with Crippen LogP contribution in [0.25, 0.3) is 0 Å². The molecule has 1 unspecified atom stereocenters. The van der Waals surface area contributed by atoms with Crippen molar-refractivity contribution in [3.63, 3.8) is 0 Å². The lowest BCUT2D eigenvalue weighted by Crippen LogP contribution is -2.24. The average Bonchev–Trinajstić information content (AvgIpc) is 2.10. The van der Waals surface area contributed by atoms with Gasteiger partial charge in [0.15, 0.2) is 5.79 Å². The SMILES string of the molecule is [2H]C1([2H])OC(C)(C)OC1([2H])C([2H])([2H])OS(C)(=O)=O. The molecule has 0 aromatic rings. The van der Waals surface area contributed by atoms with Crippen LogP contribution in [0.3, 0.4) is 0 Å². The van der Waals surface area contributed by atoms with E-state index in [9.17, 15) is 8.42 Å². The number of hydrogen-bond donors (Lipinski definition) is 0. The third kappa shape index (κ3) is 4.04. The van der Waals surface area contributed by atoms with E-state index < -0.39 is 35.1 Å². The van der Waals surface area contributed by atoms with Gasteiger partial charge in [-0.1, -0.05) is 0 Å². The number of ether oxygens (including phenoxy) is 2. The van der Waals surface area contributed by atoms with Gasteiger partial charge in [0.05, 0.1) is 26.2 Å². The first-order valence-corrected chi connectivity index (χ1v) is 5.25. The highest BCUT2D eigenvalue weighted by Gasteiger charge is 2.33. The highest BCUT2D eigenvalue weighted by Crippen LogP contribution is 2.22. The van der Waals surface area contributed by atoms with Crippen LogP contribution in [0.15, 0.2) is 0 Å². The second-order valence-electron chi connectivity index (χ2n) is 2.92. The van der Waals surface area contributed by atoms with Crippen LogP contribution in [0, 0.1) is 0 Å². The first kappa shape index (κ1) is 5.65. The van der Waals surface area contributed by atoms with Gasteiger partial charge in [0.1, 0.15) is 6.08 Å². The summed E-state index contributed by atoms with van der Waals surface area (Å²) in [6.45, 7) is -3.59. The zero-order chi connectivity index (χ0) is 14.6. The Morgan fingerprint density at radius 2 is 2.46 bits per heavy atom. The zero-order valence-corrected chi connectivity index (χ0v) is 8.27. The van der Waals surface area contributed by atoms with Gasteiger partial charge in [-0.05, 0) is 13.8 Å². The third-order valence-electron chi connectivity index (χ3n) is 1.02. The van der Waals surface area contributed by atoms with Gasteiger partial charge in [0, 0.05) is 0 Å². The molecule has 78 valence electrons. The van der Waals surface area contributed by atoms with E-state index in [1.165, 1.54) is 13.8 Å². The molecular weight excluding hydrogens is 196 g/mol. The maximum Gasteiger partial charge on any atom is 0.264 e. The van der Waals surface area contributed by atoms with Gasteiger partial charge in [-0.15, -0.1) is 0 Å². The predicted octanol–water partition coefficient (Wildman–Crippen LogP) is 0.114. The van der Waals surface area contributed by atoms with Crippen LogP contribution in [0.5, 0.6) is 0 Å². The summed E-state index contributed by atoms with van der Waals surface area (Å²) in [5.41, 5.74) is 0. The molecule has 1 saturated heterocycles. The van der Waals surface area contributed by atoms with E-state index in [4.69, 9.17) is 16.3 Å². The van der Waals surface area contributed by atoms with Crippen LogP contribution in [-0.2, 0) is 23.8 Å². The first-order valence-electron chi connectivity index (χ1n) is 5.93. The Bertz CT molecular complexity index is 447. The Kier molecular flexibility index (Phi) is 1.53. The molecule has 5 nitrogen and oxygen atoms in total. The second kappa shape index (κ2) is 3.53. The molecule has 1 rings (SSSR count). The molecule has 1 heterocycles. The average molecular weight is 215 g/mol. The molecule has 13 heavy (non-hydrogen) atoms. The van der Waals surface area contributed by atoms with Crippen molar-refractivity contribution in [3.05, 3.63) is 0 Å². The molecule has 0 spiro atoms. The Morgan fingerprint density at radius 1 is 1.85 bits per heavy atom. The summed E-state index contributed by atoms with van der Waals surface area (Å²) in [7, 11) is -4.24. The summed E-state index contributed by atoms with van der Waals surface area (Å²) in [6, 6.07) is 0. The fourth-order valence-electron chi connectivity index (χ4n) is 0.612. The van der Waals surface area contributed by atoms with Crippen LogP contribution in [-0.4, -0.2) is 39.7 Å². The molecule has 0 aromatic carbocycles. The smallest absolute Gasteiger partial charge is 0.264 e.